The van der Waals surface area contributed by atoms with E-state index in [-0.39, 0.29) is 5.56 Å². The monoisotopic (exact) mass is 470 g/mol. The molecule has 0 fully saturated rings. The molecule has 3 aromatic rings. The van der Waals surface area contributed by atoms with Crippen molar-refractivity contribution < 1.29 is 17.6 Å². The molecule has 1 atom stereocenters. The summed E-state index contributed by atoms with van der Waals surface area (Å²) in [5.74, 6) is -0.382. The van der Waals surface area contributed by atoms with Crippen LogP contribution in [-0.4, -0.2) is 16.5 Å². The summed E-state index contributed by atoms with van der Waals surface area (Å²) in [6, 6.07) is 6.19. The molecule has 0 bridgehead atoms. The summed E-state index contributed by atoms with van der Waals surface area (Å²) in [5.41, 5.74) is 0.148. The first-order chi connectivity index (χ1) is 13.6. The average Bonchev–Trinajstić information content (AvgIpc) is 2.62. The second kappa shape index (κ2) is 8.14. The quantitative estimate of drug-likeness (QED) is 0.420. The first-order valence-electron chi connectivity index (χ1n) is 8.95. The molecule has 2 aromatic carbocycles. The zero-order valence-corrected chi connectivity index (χ0v) is 17.5. The van der Waals surface area contributed by atoms with Crippen LogP contribution in [-0.2, 0) is 6.18 Å². The van der Waals surface area contributed by atoms with Crippen LogP contribution in [0.2, 0.25) is 0 Å². The maximum absolute atomic E-state index is 14.5. The van der Waals surface area contributed by atoms with Gasteiger partial charge in [-0.05, 0) is 54.9 Å². The fourth-order valence-corrected chi connectivity index (χ4v) is 3.57. The van der Waals surface area contributed by atoms with E-state index >= 15 is 0 Å². The minimum Gasteiger partial charge on any atom is -0.384 e. The minimum absolute atomic E-state index is 0.0902. The van der Waals surface area contributed by atoms with Gasteiger partial charge in [-0.2, -0.15) is 13.2 Å². The van der Waals surface area contributed by atoms with Gasteiger partial charge in [0.1, 0.15) is 17.5 Å². The van der Waals surface area contributed by atoms with Crippen molar-refractivity contribution in [2.45, 2.75) is 33.0 Å². The predicted molar refractivity (Wildman–Crippen MR) is 110 cm³/mol. The molecular formula is C20H19BrF4N4. The highest BCUT2D eigenvalue weighted by Crippen LogP contribution is 2.36. The number of hydrogen-bond donors (Lipinski definition) is 2. The molecule has 3 rings (SSSR count). The van der Waals surface area contributed by atoms with E-state index in [1.807, 2.05) is 19.1 Å². The van der Waals surface area contributed by atoms with Crippen LogP contribution >= 0.6 is 15.9 Å². The first kappa shape index (κ1) is 21.3. The van der Waals surface area contributed by atoms with Crippen molar-refractivity contribution in [3.05, 3.63) is 57.6 Å². The first-order valence-corrected chi connectivity index (χ1v) is 9.75. The van der Waals surface area contributed by atoms with Gasteiger partial charge in [0.15, 0.2) is 0 Å². The van der Waals surface area contributed by atoms with Crippen molar-refractivity contribution >= 4 is 38.3 Å². The summed E-state index contributed by atoms with van der Waals surface area (Å²) in [6.45, 7) is 6.00. The third-order valence-electron chi connectivity index (χ3n) is 4.42. The molecule has 0 unspecified atom stereocenters. The van der Waals surface area contributed by atoms with Gasteiger partial charge in [0.2, 0.25) is 0 Å². The number of fused-ring (bicyclic) bond motifs is 1. The molecule has 4 nitrogen and oxygen atoms in total. The SMILES string of the molecule is CCNc1cc2nc(C)nc(N[C@H](C)c3cccc(C(F)(F)F)c3F)c2cc1Br. The van der Waals surface area contributed by atoms with Crippen LogP contribution in [0.15, 0.2) is 34.8 Å². The van der Waals surface area contributed by atoms with Gasteiger partial charge in [0.05, 0.1) is 22.8 Å². The molecule has 0 radical (unpaired) electrons. The number of hydrogen-bond acceptors (Lipinski definition) is 4. The van der Waals surface area contributed by atoms with Crippen LogP contribution in [0.3, 0.4) is 0 Å². The fourth-order valence-electron chi connectivity index (χ4n) is 3.09. The number of nitrogens with zero attached hydrogens (tertiary/aromatic N) is 2. The maximum Gasteiger partial charge on any atom is 0.419 e. The molecule has 0 spiro atoms. The molecule has 9 heteroatoms. The number of alkyl halides is 3. The van der Waals surface area contributed by atoms with Gasteiger partial charge in [0.25, 0.3) is 0 Å². The van der Waals surface area contributed by atoms with Crippen LogP contribution in [0.25, 0.3) is 10.9 Å². The number of anilines is 2. The van der Waals surface area contributed by atoms with Crippen LogP contribution in [0.4, 0.5) is 29.1 Å². The van der Waals surface area contributed by atoms with Crippen molar-refractivity contribution in [3.8, 4) is 0 Å². The molecule has 0 aliphatic heterocycles. The van der Waals surface area contributed by atoms with Gasteiger partial charge in [0, 0.05) is 22.0 Å². The number of nitrogens with one attached hydrogen (secondary N) is 2. The molecular weight excluding hydrogens is 452 g/mol. The Morgan fingerprint density at radius 2 is 1.90 bits per heavy atom. The van der Waals surface area contributed by atoms with Crippen molar-refractivity contribution in [2.24, 2.45) is 0 Å². The predicted octanol–water partition coefficient (Wildman–Crippen LogP) is 6.46. The zero-order valence-electron chi connectivity index (χ0n) is 16.0. The third-order valence-corrected chi connectivity index (χ3v) is 5.07. The van der Waals surface area contributed by atoms with Gasteiger partial charge in [-0.3, -0.25) is 0 Å². The summed E-state index contributed by atoms with van der Waals surface area (Å²) in [4.78, 5) is 8.81. The van der Waals surface area contributed by atoms with Crippen LogP contribution in [0.1, 0.15) is 36.8 Å². The Labute approximate surface area is 173 Å². The second-order valence-corrected chi connectivity index (χ2v) is 7.43. The molecule has 2 N–H and O–H groups in total. The molecule has 1 aromatic heterocycles. The minimum atomic E-state index is -4.76. The van der Waals surface area contributed by atoms with E-state index in [2.05, 4.69) is 36.5 Å². The van der Waals surface area contributed by atoms with E-state index in [0.717, 1.165) is 22.8 Å². The molecule has 0 aliphatic rings. The molecule has 0 saturated heterocycles. The third kappa shape index (κ3) is 4.44. The summed E-state index contributed by atoms with van der Waals surface area (Å²) >= 11 is 3.49. The van der Waals surface area contributed by atoms with E-state index in [1.54, 1.807) is 13.8 Å². The number of halogens is 5. The smallest absolute Gasteiger partial charge is 0.384 e. The second-order valence-electron chi connectivity index (χ2n) is 6.57. The lowest BCUT2D eigenvalue weighted by atomic mass is 10.0. The van der Waals surface area contributed by atoms with Gasteiger partial charge in [-0.15, -0.1) is 0 Å². The van der Waals surface area contributed by atoms with Gasteiger partial charge >= 0.3 is 6.18 Å². The van der Waals surface area contributed by atoms with E-state index < -0.39 is 23.6 Å². The number of rotatable bonds is 5. The van der Waals surface area contributed by atoms with Gasteiger partial charge in [-0.1, -0.05) is 12.1 Å². The lowest BCUT2D eigenvalue weighted by molar-refractivity contribution is -0.140. The number of aryl methyl sites for hydroxylation is 1. The summed E-state index contributed by atoms with van der Waals surface area (Å²) < 4.78 is 54.4. The molecule has 0 aliphatic carbocycles. The van der Waals surface area contributed by atoms with E-state index in [9.17, 15) is 17.6 Å². The van der Waals surface area contributed by atoms with Crippen molar-refractivity contribution in [1.82, 2.24) is 9.97 Å². The summed E-state index contributed by atoms with van der Waals surface area (Å²) in [6.07, 6.45) is -4.76. The highest BCUT2D eigenvalue weighted by Gasteiger charge is 2.35. The molecule has 154 valence electrons. The van der Waals surface area contributed by atoms with Gasteiger partial charge < -0.3 is 10.6 Å². The Bertz CT molecular complexity index is 1050. The zero-order chi connectivity index (χ0) is 21.3. The Morgan fingerprint density at radius 1 is 1.17 bits per heavy atom. The lowest BCUT2D eigenvalue weighted by Crippen LogP contribution is -2.15. The highest BCUT2D eigenvalue weighted by atomic mass is 79.9. The normalized spacial score (nSPS) is 12.8. The van der Waals surface area contributed by atoms with E-state index in [4.69, 9.17) is 0 Å². The lowest BCUT2D eigenvalue weighted by Gasteiger charge is -2.19. The van der Waals surface area contributed by atoms with Crippen LogP contribution in [0.5, 0.6) is 0 Å². The molecule has 0 amide bonds. The topological polar surface area (TPSA) is 49.8 Å². The fraction of sp³-hybridized carbons (Fsp3) is 0.300. The summed E-state index contributed by atoms with van der Waals surface area (Å²) in [7, 11) is 0. The largest absolute Gasteiger partial charge is 0.419 e. The molecule has 1 heterocycles. The summed E-state index contributed by atoms with van der Waals surface area (Å²) in [5, 5.41) is 6.93. The van der Waals surface area contributed by atoms with E-state index in [0.29, 0.717) is 22.5 Å². The van der Waals surface area contributed by atoms with Crippen LogP contribution < -0.4 is 10.6 Å². The maximum atomic E-state index is 14.5. The molecule has 29 heavy (non-hydrogen) atoms. The standard InChI is InChI=1S/C20H19BrF4N4/c1-4-26-17-9-16-13(8-15(17)21)19(29-11(3)28-16)27-10(2)12-6-5-7-14(18(12)22)20(23,24)25/h5-10,26H,4H2,1-3H3,(H,27,28,29)/t10-/m1/s1. The average molecular weight is 471 g/mol. The van der Waals surface area contributed by atoms with Gasteiger partial charge in [-0.25, -0.2) is 14.4 Å². The van der Waals surface area contributed by atoms with E-state index in [1.165, 1.54) is 12.1 Å². The number of benzene rings is 2. The molecule has 0 saturated carbocycles. The van der Waals surface area contributed by atoms with Crippen molar-refractivity contribution in [1.29, 1.82) is 0 Å². The Hall–Kier alpha value is -2.42. The van der Waals surface area contributed by atoms with Crippen LogP contribution in [0, 0.1) is 12.7 Å². The van der Waals surface area contributed by atoms with Crippen molar-refractivity contribution in [3.63, 3.8) is 0 Å². The Balaban J connectivity index is 2.03. The highest BCUT2D eigenvalue weighted by molar-refractivity contribution is 9.10. The van der Waals surface area contributed by atoms with Crippen molar-refractivity contribution in [2.75, 3.05) is 17.2 Å². The number of aromatic nitrogens is 2. The Kier molecular flexibility index (Phi) is 5.97. The Morgan fingerprint density at radius 3 is 2.55 bits per heavy atom.